The Bertz CT molecular complexity index is 936. The number of fused-ring (bicyclic) bond motifs is 1. The predicted molar refractivity (Wildman–Crippen MR) is 101 cm³/mol. The van der Waals surface area contributed by atoms with Crippen molar-refractivity contribution in [3.05, 3.63) is 59.7 Å². The van der Waals surface area contributed by atoms with Crippen LogP contribution < -0.4 is 4.74 Å². The minimum absolute atomic E-state index is 0.0554. The van der Waals surface area contributed by atoms with Gasteiger partial charge in [0.15, 0.2) is 0 Å². The van der Waals surface area contributed by atoms with Gasteiger partial charge >= 0.3 is 0 Å². The van der Waals surface area contributed by atoms with E-state index >= 15 is 0 Å². The molecule has 0 aromatic heterocycles. The molecule has 0 unspecified atom stereocenters. The lowest BCUT2D eigenvalue weighted by molar-refractivity contribution is 0.0697. The second kappa shape index (κ2) is 7.32. The second-order valence-corrected chi connectivity index (χ2v) is 8.72. The van der Waals surface area contributed by atoms with Crippen LogP contribution in [0.25, 0.3) is 0 Å². The normalized spacial score (nSPS) is 17.9. The topological polar surface area (TPSA) is 66.9 Å². The quantitative estimate of drug-likeness (QED) is 0.811. The molecule has 142 valence electrons. The Kier molecular flexibility index (Phi) is 4.88. The summed E-state index contributed by atoms with van der Waals surface area (Å²) in [5, 5.41) is 0. The van der Waals surface area contributed by atoms with E-state index in [4.69, 9.17) is 4.74 Å². The minimum atomic E-state index is -3.51. The Morgan fingerprint density at radius 2 is 1.70 bits per heavy atom. The highest BCUT2D eigenvalue weighted by molar-refractivity contribution is 7.89. The average molecular weight is 386 g/mol. The van der Waals surface area contributed by atoms with Crippen molar-refractivity contribution in [2.45, 2.75) is 17.7 Å². The maximum atomic E-state index is 12.8. The van der Waals surface area contributed by atoms with Crippen LogP contribution >= 0.6 is 0 Å². The molecule has 2 aliphatic heterocycles. The predicted octanol–water partition coefficient (Wildman–Crippen LogP) is 2.16. The van der Waals surface area contributed by atoms with Crippen molar-refractivity contribution in [3.63, 3.8) is 0 Å². The molecule has 1 fully saturated rings. The van der Waals surface area contributed by atoms with E-state index in [1.807, 2.05) is 12.1 Å². The third kappa shape index (κ3) is 3.57. The first-order valence-corrected chi connectivity index (χ1v) is 10.6. The highest BCUT2D eigenvalue weighted by atomic mass is 32.2. The largest absolute Gasteiger partial charge is 0.493 e. The monoisotopic (exact) mass is 386 g/mol. The van der Waals surface area contributed by atoms with Crippen LogP contribution in [0.3, 0.4) is 0 Å². The molecule has 7 heteroatoms. The van der Waals surface area contributed by atoms with E-state index in [9.17, 15) is 13.2 Å². The van der Waals surface area contributed by atoms with Gasteiger partial charge in [0.2, 0.25) is 10.0 Å². The van der Waals surface area contributed by atoms with Crippen molar-refractivity contribution in [1.82, 2.24) is 9.21 Å². The van der Waals surface area contributed by atoms with Gasteiger partial charge in [-0.15, -0.1) is 0 Å². The van der Waals surface area contributed by atoms with Gasteiger partial charge in [0, 0.05) is 31.7 Å². The number of aryl methyl sites for hydroxylation is 1. The number of amides is 1. The first-order chi connectivity index (χ1) is 13.1. The summed E-state index contributed by atoms with van der Waals surface area (Å²) in [6.45, 7) is 2.10. The number of rotatable bonds is 3. The van der Waals surface area contributed by atoms with Gasteiger partial charge in [-0.25, -0.2) is 8.42 Å². The Morgan fingerprint density at radius 1 is 0.963 bits per heavy atom. The number of ether oxygens (including phenoxy) is 1. The van der Waals surface area contributed by atoms with Crippen molar-refractivity contribution < 1.29 is 17.9 Å². The molecule has 0 N–H and O–H groups in total. The number of piperazine rings is 1. The van der Waals surface area contributed by atoms with E-state index in [-0.39, 0.29) is 5.91 Å². The van der Waals surface area contributed by atoms with Crippen LogP contribution in [-0.4, -0.2) is 56.3 Å². The Hall–Kier alpha value is -2.38. The van der Waals surface area contributed by atoms with Crippen LogP contribution in [0.15, 0.2) is 53.4 Å². The zero-order valence-corrected chi connectivity index (χ0v) is 15.8. The fourth-order valence-electron chi connectivity index (χ4n) is 3.55. The summed E-state index contributed by atoms with van der Waals surface area (Å²) >= 11 is 0. The number of carbonyl (C=O) groups excluding carboxylic acids is 1. The molecule has 2 aromatic carbocycles. The van der Waals surface area contributed by atoms with Crippen molar-refractivity contribution in [2.75, 3.05) is 32.8 Å². The van der Waals surface area contributed by atoms with Gasteiger partial charge < -0.3 is 9.64 Å². The molecule has 0 radical (unpaired) electrons. The van der Waals surface area contributed by atoms with E-state index < -0.39 is 10.0 Å². The lowest BCUT2D eigenvalue weighted by atomic mass is 10.0. The average Bonchev–Trinajstić information content (AvgIpc) is 2.73. The number of benzene rings is 2. The lowest BCUT2D eigenvalue weighted by Crippen LogP contribution is -2.50. The molecule has 0 bridgehead atoms. The van der Waals surface area contributed by atoms with E-state index in [1.54, 1.807) is 41.3 Å². The zero-order chi connectivity index (χ0) is 18.9. The molecule has 2 aromatic rings. The van der Waals surface area contributed by atoms with Gasteiger partial charge in [0.05, 0.1) is 11.5 Å². The Labute approximate surface area is 159 Å². The van der Waals surface area contributed by atoms with Crippen molar-refractivity contribution in [3.8, 4) is 5.75 Å². The first kappa shape index (κ1) is 18.0. The van der Waals surface area contributed by atoms with E-state index in [1.165, 1.54) is 4.31 Å². The Balaban J connectivity index is 1.44. The van der Waals surface area contributed by atoms with E-state index in [0.717, 1.165) is 30.8 Å². The number of nitrogens with zero attached hydrogens (tertiary/aromatic N) is 2. The molecule has 2 heterocycles. The molecular weight excluding hydrogens is 364 g/mol. The van der Waals surface area contributed by atoms with Gasteiger partial charge in [-0.05, 0) is 48.7 Å². The second-order valence-electron chi connectivity index (χ2n) is 6.78. The molecule has 0 saturated carbocycles. The molecule has 6 nitrogen and oxygen atoms in total. The summed E-state index contributed by atoms with van der Waals surface area (Å²) in [5.41, 5.74) is 1.70. The van der Waals surface area contributed by atoms with E-state index in [2.05, 4.69) is 0 Å². The van der Waals surface area contributed by atoms with Crippen LogP contribution in [0.5, 0.6) is 5.75 Å². The summed E-state index contributed by atoms with van der Waals surface area (Å²) in [5.74, 6) is 0.803. The lowest BCUT2D eigenvalue weighted by Gasteiger charge is -2.34. The number of sulfonamides is 1. The SMILES string of the molecule is O=C(c1ccc2c(c1)CCCO2)N1CCN(S(=O)(=O)c2ccccc2)CC1. The zero-order valence-electron chi connectivity index (χ0n) is 15.0. The fourth-order valence-corrected chi connectivity index (χ4v) is 4.99. The van der Waals surface area contributed by atoms with Gasteiger partial charge in [-0.2, -0.15) is 4.31 Å². The smallest absolute Gasteiger partial charge is 0.253 e. The van der Waals surface area contributed by atoms with Crippen LogP contribution in [0.4, 0.5) is 0 Å². The summed E-state index contributed by atoms with van der Waals surface area (Å²) in [7, 11) is -3.51. The number of hydrogen-bond donors (Lipinski definition) is 0. The van der Waals surface area contributed by atoms with Crippen LogP contribution in [0.2, 0.25) is 0 Å². The summed E-state index contributed by atoms with van der Waals surface area (Å²) in [6.07, 6.45) is 1.88. The standard InChI is InChI=1S/C20H22N2O4S/c23-20(17-8-9-19-16(15-17)5-4-14-26-19)21-10-12-22(13-11-21)27(24,25)18-6-2-1-3-7-18/h1-3,6-9,15H,4-5,10-14H2. The molecule has 2 aliphatic rings. The summed E-state index contributed by atoms with van der Waals surface area (Å²) < 4.78 is 32.5. The molecule has 0 atom stereocenters. The van der Waals surface area contributed by atoms with Crippen molar-refractivity contribution in [2.24, 2.45) is 0 Å². The molecular formula is C20H22N2O4S. The highest BCUT2D eigenvalue weighted by Crippen LogP contribution is 2.26. The van der Waals surface area contributed by atoms with Gasteiger partial charge in [-0.3, -0.25) is 4.79 Å². The summed E-state index contributed by atoms with van der Waals surface area (Å²) in [6, 6.07) is 14.0. The van der Waals surface area contributed by atoms with E-state index in [0.29, 0.717) is 36.6 Å². The molecule has 4 rings (SSSR count). The maximum Gasteiger partial charge on any atom is 0.253 e. The van der Waals surface area contributed by atoms with Crippen molar-refractivity contribution >= 4 is 15.9 Å². The van der Waals surface area contributed by atoms with Gasteiger partial charge in [-0.1, -0.05) is 18.2 Å². The third-order valence-corrected chi connectivity index (χ3v) is 6.98. The summed E-state index contributed by atoms with van der Waals surface area (Å²) in [4.78, 5) is 14.8. The molecule has 0 spiro atoms. The van der Waals surface area contributed by atoms with Crippen molar-refractivity contribution in [1.29, 1.82) is 0 Å². The molecule has 1 amide bonds. The molecule has 0 aliphatic carbocycles. The minimum Gasteiger partial charge on any atom is -0.493 e. The highest BCUT2D eigenvalue weighted by Gasteiger charge is 2.30. The van der Waals surface area contributed by atoms with Gasteiger partial charge in [0.1, 0.15) is 5.75 Å². The van der Waals surface area contributed by atoms with Crippen LogP contribution in [0, 0.1) is 0 Å². The molecule has 27 heavy (non-hydrogen) atoms. The third-order valence-electron chi connectivity index (χ3n) is 5.06. The fraction of sp³-hybridized carbons (Fsp3) is 0.350. The van der Waals surface area contributed by atoms with Crippen LogP contribution in [-0.2, 0) is 16.4 Å². The number of hydrogen-bond acceptors (Lipinski definition) is 4. The molecule has 1 saturated heterocycles. The number of carbonyl (C=O) groups is 1. The van der Waals surface area contributed by atoms with Crippen LogP contribution in [0.1, 0.15) is 22.3 Å². The Morgan fingerprint density at radius 3 is 2.44 bits per heavy atom. The maximum absolute atomic E-state index is 12.8. The van der Waals surface area contributed by atoms with Gasteiger partial charge in [0.25, 0.3) is 5.91 Å². The first-order valence-electron chi connectivity index (χ1n) is 9.16.